The van der Waals surface area contributed by atoms with Crippen LogP contribution in [-0.4, -0.2) is 19.2 Å². The summed E-state index contributed by atoms with van der Waals surface area (Å²) in [5.41, 5.74) is 2.50. The van der Waals surface area contributed by atoms with Crippen molar-refractivity contribution in [3.63, 3.8) is 0 Å². The van der Waals surface area contributed by atoms with E-state index in [0.717, 1.165) is 12.8 Å². The molecule has 3 nitrogen and oxygen atoms in total. The summed E-state index contributed by atoms with van der Waals surface area (Å²) in [6, 6.07) is 4.82. The molecule has 23 heavy (non-hydrogen) atoms. The Morgan fingerprint density at radius 1 is 1.17 bits per heavy atom. The number of carbonyl (C=O) groups excluding carboxylic acids is 1. The van der Waals surface area contributed by atoms with Crippen molar-refractivity contribution in [2.45, 2.75) is 33.6 Å². The lowest BCUT2D eigenvalue weighted by Gasteiger charge is -2.08. The minimum absolute atomic E-state index is 0.188. The molecule has 0 amide bonds. The zero-order valence-corrected chi connectivity index (χ0v) is 15.2. The molecule has 0 saturated heterocycles. The van der Waals surface area contributed by atoms with E-state index in [1.54, 1.807) is 18.2 Å². The van der Waals surface area contributed by atoms with E-state index in [1.165, 1.54) is 11.1 Å². The first-order valence-corrected chi connectivity index (χ1v) is 8.16. The molecule has 0 aliphatic heterocycles. The second-order valence-electron chi connectivity index (χ2n) is 5.42. The fourth-order valence-electron chi connectivity index (χ4n) is 1.74. The molecule has 0 aliphatic rings. The van der Waals surface area contributed by atoms with Gasteiger partial charge in [-0.05, 0) is 57.9 Å². The summed E-state index contributed by atoms with van der Waals surface area (Å²) < 4.78 is 10.4. The highest BCUT2D eigenvalue weighted by Crippen LogP contribution is 2.27. The maximum Gasteiger partial charge on any atom is 0.344 e. The minimum Gasteiger partial charge on any atom is -0.480 e. The molecule has 0 heterocycles. The number of rotatable bonds is 8. The lowest BCUT2D eigenvalue weighted by atomic mass is 10.1. The minimum atomic E-state index is -0.440. The van der Waals surface area contributed by atoms with Gasteiger partial charge in [0.1, 0.15) is 12.4 Å². The number of hydrogen-bond donors (Lipinski definition) is 0. The Morgan fingerprint density at radius 2 is 1.91 bits per heavy atom. The van der Waals surface area contributed by atoms with Crippen LogP contribution >= 0.6 is 23.2 Å². The fraction of sp³-hybridized carbons (Fsp3) is 0.389. The van der Waals surface area contributed by atoms with Crippen LogP contribution in [0.4, 0.5) is 0 Å². The number of esters is 1. The normalized spacial score (nSPS) is 11.1. The SMILES string of the molecule is CC(C)=CCC/C(C)=C/COC(=O)COc1ccc(Cl)cc1Cl. The molecule has 0 aromatic heterocycles. The molecule has 0 bridgehead atoms. The van der Waals surface area contributed by atoms with Crippen molar-refractivity contribution in [1.29, 1.82) is 0 Å². The van der Waals surface area contributed by atoms with Crippen LogP contribution in [0.15, 0.2) is 41.5 Å². The maximum atomic E-state index is 11.6. The second-order valence-corrected chi connectivity index (χ2v) is 6.26. The summed E-state index contributed by atoms with van der Waals surface area (Å²) in [4.78, 5) is 11.6. The van der Waals surface area contributed by atoms with Gasteiger partial charge in [-0.2, -0.15) is 0 Å². The summed E-state index contributed by atoms with van der Waals surface area (Å²) in [6.07, 6.45) is 6.05. The Labute approximate surface area is 147 Å². The van der Waals surface area contributed by atoms with E-state index in [4.69, 9.17) is 32.7 Å². The van der Waals surface area contributed by atoms with Gasteiger partial charge >= 0.3 is 5.97 Å². The average molecular weight is 357 g/mol. The second kappa shape index (κ2) is 10.3. The van der Waals surface area contributed by atoms with E-state index >= 15 is 0 Å². The third kappa shape index (κ3) is 8.68. The third-order valence-corrected chi connectivity index (χ3v) is 3.54. The molecule has 1 aromatic carbocycles. The Kier molecular flexibility index (Phi) is 8.82. The molecule has 0 aliphatic carbocycles. The standard InChI is InChI=1S/C18H22Cl2O3/c1-13(2)5-4-6-14(3)9-10-22-18(21)12-23-17-8-7-15(19)11-16(17)20/h5,7-9,11H,4,6,10,12H2,1-3H3/b14-9+. The molecule has 1 aromatic rings. The summed E-state index contributed by atoms with van der Waals surface area (Å²) in [5.74, 6) is -0.0363. The first-order chi connectivity index (χ1) is 10.9. The van der Waals surface area contributed by atoms with Gasteiger partial charge in [-0.1, -0.05) is 40.4 Å². The molecule has 0 N–H and O–H groups in total. The monoisotopic (exact) mass is 356 g/mol. The van der Waals surface area contributed by atoms with Gasteiger partial charge in [0.15, 0.2) is 6.61 Å². The molecular formula is C18H22Cl2O3. The van der Waals surface area contributed by atoms with Crippen LogP contribution in [0.1, 0.15) is 33.6 Å². The molecule has 1 rings (SSSR count). The van der Waals surface area contributed by atoms with Crippen molar-refractivity contribution in [1.82, 2.24) is 0 Å². The topological polar surface area (TPSA) is 35.5 Å². The van der Waals surface area contributed by atoms with Crippen molar-refractivity contribution in [3.05, 3.63) is 51.5 Å². The van der Waals surface area contributed by atoms with Crippen molar-refractivity contribution in [3.8, 4) is 5.75 Å². The molecule has 0 fully saturated rings. The lowest BCUT2D eigenvalue weighted by Crippen LogP contribution is -2.15. The van der Waals surface area contributed by atoms with E-state index in [1.807, 2.05) is 13.0 Å². The zero-order chi connectivity index (χ0) is 17.2. The number of allylic oxidation sites excluding steroid dienone is 3. The number of carbonyl (C=O) groups is 1. The van der Waals surface area contributed by atoms with E-state index in [0.29, 0.717) is 15.8 Å². The van der Waals surface area contributed by atoms with Crippen LogP contribution in [-0.2, 0) is 9.53 Å². The molecule has 0 radical (unpaired) electrons. The molecule has 0 spiro atoms. The average Bonchev–Trinajstić information content (AvgIpc) is 2.46. The molecular weight excluding hydrogens is 335 g/mol. The molecule has 0 atom stereocenters. The van der Waals surface area contributed by atoms with Gasteiger partial charge < -0.3 is 9.47 Å². The highest BCUT2D eigenvalue weighted by Gasteiger charge is 2.07. The van der Waals surface area contributed by atoms with Crippen LogP contribution in [0.3, 0.4) is 0 Å². The van der Waals surface area contributed by atoms with Crippen molar-refractivity contribution in [2.75, 3.05) is 13.2 Å². The zero-order valence-electron chi connectivity index (χ0n) is 13.7. The van der Waals surface area contributed by atoms with Gasteiger partial charge in [0.2, 0.25) is 0 Å². The predicted octanol–water partition coefficient (Wildman–Crippen LogP) is 5.61. The van der Waals surface area contributed by atoms with Crippen LogP contribution in [0.25, 0.3) is 0 Å². The van der Waals surface area contributed by atoms with Crippen LogP contribution in [0.5, 0.6) is 5.75 Å². The first kappa shape index (κ1) is 19.6. The van der Waals surface area contributed by atoms with E-state index in [2.05, 4.69) is 19.9 Å². The van der Waals surface area contributed by atoms with Gasteiger partial charge in [-0.15, -0.1) is 0 Å². The van der Waals surface area contributed by atoms with Crippen molar-refractivity contribution in [2.24, 2.45) is 0 Å². The summed E-state index contributed by atoms with van der Waals surface area (Å²) in [5, 5.41) is 0.874. The largest absolute Gasteiger partial charge is 0.480 e. The Balaban J connectivity index is 2.30. The van der Waals surface area contributed by atoms with Gasteiger partial charge in [-0.3, -0.25) is 0 Å². The van der Waals surface area contributed by atoms with Crippen molar-refractivity contribution >= 4 is 29.2 Å². The Morgan fingerprint density at radius 3 is 2.57 bits per heavy atom. The van der Waals surface area contributed by atoms with Crippen LogP contribution in [0.2, 0.25) is 10.0 Å². The summed E-state index contributed by atoms with van der Waals surface area (Å²) >= 11 is 11.7. The molecule has 126 valence electrons. The third-order valence-electron chi connectivity index (χ3n) is 3.01. The van der Waals surface area contributed by atoms with E-state index in [-0.39, 0.29) is 13.2 Å². The number of halogens is 2. The lowest BCUT2D eigenvalue weighted by molar-refractivity contribution is -0.144. The predicted molar refractivity (Wildman–Crippen MR) is 95.3 cm³/mol. The van der Waals surface area contributed by atoms with Gasteiger partial charge in [-0.25, -0.2) is 4.79 Å². The number of hydrogen-bond acceptors (Lipinski definition) is 3. The Hall–Kier alpha value is -1.45. The quantitative estimate of drug-likeness (QED) is 0.448. The van der Waals surface area contributed by atoms with Crippen LogP contribution < -0.4 is 4.74 Å². The molecule has 0 unspecified atom stereocenters. The van der Waals surface area contributed by atoms with Crippen LogP contribution in [0, 0.1) is 0 Å². The van der Waals surface area contributed by atoms with Gasteiger partial charge in [0.05, 0.1) is 5.02 Å². The Bertz CT molecular complexity index is 588. The maximum absolute atomic E-state index is 11.6. The van der Waals surface area contributed by atoms with Crippen molar-refractivity contribution < 1.29 is 14.3 Å². The van der Waals surface area contributed by atoms with Gasteiger partial charge in [0, 0.05) is 5.02 Å². The highest BCUT2D eigenvalue weighted by atomic mass is 35.5. The number of ether oxygens (including phenoxy) is 2. The smallest absolute Gasteiger partial charge is 0.344 e. The first-order valence-electron chi connectivity index (χ1n) is 7.41. The number of benzene rings is 1. The highest BCUT2D eigenvalue weighted by molar-refractivity contribution is 6.35. The van der Waals surface area contributed by atoms with E-state index < -0.39 is 5.97 Å². The summed E-state index contributed by atoms with van der Waals surface area (Å²) in [6.45, 7) is 6.24. The van der Waals surface area contributed by atoms with Gasteiger partial charge in [0.25, 0.3) is 0 Å². The van der Waals surface area contributed by atoms with E-state index in [9.17, 15) is 4.79 Å². The summed E-state index contributed by atoms with van der Waals surface area (Å²) in [7, 11) is 0. The fourth-order valence-corrected chi connectivity index (χ4v) is 2.20. The molecule has 5 heteroatoms. The molecule has 0 saturated carbocycles.